The maximum Gasteiger partial charge on any atom is 0.335 e. The number of carboxylic acids is 1. The molecular formula is C11H13NO2. The van der Waals surface area contributed by atoms with Crippen molar-refractivity contribution < 1.29 is 9.90 Å². The molecule has 1 heterocycles. The Morgan fingerprint density at radius 3 is 2.93 bits per heavy atom. The zero-order valence-corrected chi connectivity index (χ0v) is 7.86. The van der Waals surface area contributed by atoms with Gasteiger partial charge in [-0.25, -0.2) is 4.79 Å². The van der Waals surface area contributed by atoms with Crippen molar-refractivity contribution in [1.82, 2.24) is 5.32 Å². The lowest BCUT2D eigenvalue weighted by molar-refractivity contribution is 0.0696. The monoisotopic (exact) mass is 191 g/mol. The lowest BCUT2D eigenvalue weighted by atomic mass is 9.97. The van der Waals surface area contributed by atoms with E-state index in [4.69, 9.17) is 5.11 Å². The average Bonchev–Trinajstić information content (AvgIpc) is 2.12. The third-order valence-corrected chi connectivity index (χ3v) is 2.58. The van der Waals surface area contributed by atoms with Crippen molar-refractivity contribution in [2.45, 2.75) is 18.9 Å². The highest BCUT2D eigenvalue weighted by molar-refractivity contribution is 5.87. The van der Waals surface area contributed by atoms with Crippen molar-refractivity contribution in [3.63, 3.8) is 0 Å². The van der Waals surface area contributed by atoms with Gasteiger partial charge in [-0.3, -0.25) is 0 Å². The molecule has 1 atom stereocenters. The first kappa shape index (κ1) is 9.21. The quantitative estimate of drug-likeness (QED) is 0.756. The van der Waals surface area contributed by atoms with Crippen LogP contribution in [0.15, 0.2) is 24.3 Å². The third kappa shape index (κ3) is 1.93. The highest BCUT2D eigenvalue weighted by Gasteiger charge is 2.16. The summed E-state index contributed by atoms with van der Waals surface area (Å²) in [6.07, 6.45) is 2.12. The van der Waals surface area contributed by atoms with Gasteiger partial charge in [0.25, 0.3) is 0 Å². The lowest BCUT2D eigenvalue weighted by Gasteiger charge is -2.27. The Bertz CT molecular complexity index is 345. The zero-order chi connectivity index (χ0) is 9.97. The Hall–Kier alpha value is -1.35. The summed E-state index contributed by atoms with van der Waals surface area (Å²) < 4.78 is 0. The van der Waals surface area contributed by atoms with Gasteiger partial charge < -0.3 is 10.4 Å². The molecular weight excluding hydrogens is 178 g/mol. The van der Waals surface area contributed by atoms with Crippen LogP contribution in [-0.2, 0) is 6.42 Å². The van der Waals surface area contributed by atoms with Gasteiger partial charge in [0.1, 0.15) is 0 Å². The summed E-state index contributed by atoms with van der Waals surface area (Å²) in [5, 5.41) is 12.1. The number of hydrogen-bond acceptors (Lipinski definition) is 2. The molecule has 0 unspecified atom stereocenters. The van der Waals surface area contributed by atoms with E-state index in [1.807, 2.05) is 6.07 Å². The molecule has 1 saturated heterocycles. The van der Waals surface area contributed by atoms with Gasteiger partial charge in [0.05, 0.1) is 5.56 Å². The molecule has 3 nitrogen and oxygen atoms in total. The lowest BCUT2D eigenvalue weighted by Crippen LogP contribution is -2.44. The van der Waals surface area contributed by atoms with Gasteiger partial charge in [0, 0.05) is 6.04 Å². The predicted molar refractivity (Wildman–Crippen MR) is 53.5 cm³/mol. The Kier molecular flexibility index (Phi) is 2.50. The van der Waals surface area contributed by atoms with E-state index in [1.165, 1.54) is 6.42 Å². The maximum atomic E-state index is 10.7. The first-order chi connectivity index (χ1) is 6.75. The summed E-state index contributed by atoms with van der Waals surface area (Å²) in [6, 6.07) is 7.70. The summed E-state index contributed by atoms with van der Waals surface area (Å²) in [5.41, 5.74) is 1.48. The van der Waals surface area contributed by atoms with E-state index < -0.39 is 5.97 Å². The van der Waals surface area contributed by atoms with Crippen LogP contribution in [0.5, 0.6) is 0 Å². The van der Waals surface area contributed by atoms with Gasteiger partial charge in [0.15, 0.2) is 0 Å². The largest absolute Gasteiger partial charge is 0.478 e. The van der Waals surface area contributed by atoms with Gasteiger partial charge in [-0.15, -0.1) is 0 Å². The summed E-state index contributed by atoms with van der Waals surface area (Å²) in [7, 11) is 0. The van der Waals surface area contributed by atoms with Crippen LogP contribution in [0.1, 0.15) is 22.3 Å². The van der Waals surface area contributed by atoms with Crippen molar-refractivity contribution in [1.29, 1.82) is 0 Å². The number of carbonyl (C=O) groups is 1. The molecule has 1 aromatic rings. The minimum atomic E-state index is -0.853. The molecule has 1 aliphatic heterocycles. The molecule has 3 heteroatoms. The topological polar surface area (TPSA) is 49.3 Å². The van der Waals surface area contributed by atoms with Gasteiger partial charge in [-0.05, 0) is 37.1 Å². The van der Waals surface area contributed by atoms with Crippen LogP contribution in [0.25, 0.3) is 0 Å². The van der Waals surface area contributed by atoms with Crippen molar-refractivity contribution in [3.8, 4) is 0 Å². The Labute approximate surface area is 82.8 Å². The van der Waals surface area contributed by atoms with Crippen LogP contribution in [0.4, 0.5) is 0 Å². The first-order valence-electron chi connectivity index (χ1n) is 4.81. The summed E-state index contributed by atoms with van der Waals surface area (Å²) in [4.78, 5) is 10.7. The molecule has 2 N–H and O–H groups in total. The highest BCUT2D eigenvalue weighted by Crippen LogP contribution is 2.12. The normalized spacial score (nSPS) is 20.1. The number of nitrogens with one attached hydrogen (secondary N) is 1. The van der Waals surface area contributed by atoms with E-state index >= 15 is 0 Å². The molecule has 0 aliphatic carbocycles. The molecule has 0 amide bonds. The van der Waals surface area contributed by atoms with Crippen molar-refractivity contribution >= 4 is 5.97 Å². The van der Waals surface area contributed by atoms with E-state index in [1.54, 1.807) is 18.2 Å². The van der Waals surface area contributed by atoms with Crippen LogP contribution in [0.2, 0.25) is 0 Å². The Morgan fingerprint density at radius 2 is 2.36 bits per heavy atom. The van der Waals surface area contributed by atoms with Crippen molar-refractivity contribution in [2.75, 3.05) is 6.54 Å². The second kappa shape index (κ2) is 3.80. The Morgan fingerprint density at radius 1 is 1.57 bits per heavy atom. The molecule has 74 valence electrons. The molecule has 1 fully saturated rings. The zero-order valence-electron chi connectivity index (χ0n) is 7.86. The fraction of sp³-hybridized carbons (Fsp3) is 0.364. The van der Waals surface area contributed by atoms with Crippen LogP contribution in [0.3, 0.4) is 0 Å². The van der Waals surface area contributed by atoms with Crippen molar-refractivity contribution in [2.24, 2.45) is 0 Å². The van der Waals surface area contributed by atoms with E-state index in [-0.39, 0.29) is 0 Å². The molecule has 1 aromatic carbocycles. The van der Waals surface area contributed by atoms with Gasteiger partial charge in [-0.1, -0.05) is 12.1 Å². The molecule has 0 radical (unpaired) electrons. The number of rotatable bonds is 3. The standard InChI is InChI=1S/C11H13NO2/c13-11(14)9-3-1-2-8(6-9)7-10-4-5-12-10/h1-3,6,10,12H,4-5,7H2,(H,13,14)/t10-/m1/s1. The number of benzene rings is 1. The van der Waals surface area contributed by atoms with E-state index in [9.17, 15) is 4.79 Å². The molecule has 0 aromatic heterocycles. The van der Waals surface area contributed by atoms with Gasteiger partial charge >= 0.3 is 5.97 Å². The predicted octanol–water partition coefficient (Wildman–Crippen LogP) is 1.29. The summed E-state index contributed by atoms with van der Waals surface area (Å²) >= 11 is 0. The van der Waals surface area contributed by atoms with E-state index in [0.29, 0.717) is 11.6 Å². The smallest absolute Gasteiger partial charge is 0.335 e. The van der Waals surface area contributed by atoms with Crippen LogP contribution in [0, 0.1) is 0 Å². The molecule has 0 saturated carbocycles. The fourth-order valence-corrected chi connectivity index (χ4v) is 1.64. The van der Waals surface area contributed by atoms with Crippen molar-refractivity contribution in [3.05, 3.63) is 35.4 Å². The Balaban J connectivity index is 2.09. The second-order valence-corrected chi connectivity index (χ2v) is 3.65. The second-order valence-electron chi connectivity index (χ2n) is 3.65. The molecule has 1 aliphatic rings. The average molecular weight is 191 g/mol. The molecule has 0 bridgehead atoms. The van der Waals surface area contributed by atoms with E-state index in [0.717, 1.165) is 18.5 Å². The maximum absolute atomic E-state index is 10.7. The van der Waals surface area contributed by atoms with Crippen LogP contribution < -0.4 is 5.32 Å². The third-order valence-electron chi connectivity index (χ3n) is 2.58. The molecule has 14 heavy (non-hydrogen) atoms. The minimum absolute atomic E-state index is 0.377. The van der Waals surface area contributed by atoms with Crippen LogP contribution >= 0.6 is 0 Å². The van der Waals surface area contributed by atoms with Gasteiger partial charge in [-0.2, -0.15) is 0 Å². The molecule has 0 spiro atoms. The van der Waals surface area contributed by atoms with E-state index in [2.05, 4.69) is 5.32 Å². The first-order valence-corrected chi connectivity index (χ1v) is 4.81. The number of aromatic carboxylic acids is 1. The SMILES string of the molecule is O=C(O)c1cccc(C[C@H]2CCN2)c1. The molecule has 2 rings (SSSR count). The number of carboxylic acid groups (broad SMARTS) is 1. The fourth-order valence-electron chi connectivity index (χ4n) is 1.64. The minimum Gasteiger partial charge on any atom is -0.478 e. The van der Waals surface area contributed by atoms with Gasteiger partial charge in [0.2, 0.25) is 0 Å². The summed E-state index contributed by atoms with van der Waals surface area (Å²) in [5.74, 6) is -0.853. The van der Waals surface area contributed by atoms with Crippen LogP contribution in [-0.4, -0.2) is 23.7 Å². The highest BCUT2D eigenvalue weighted by atomic mass is 16.4. The number of hydrogen-bond donors (Lipinski definition) is 2. The summed E-state index contributed by atoms with van der Waals surface area (Å²) in [6.45, 7) is 1.09.